The number of sulfonamides is 1. The van der Waals surface area contributed by atoms with Gasteiger partial charge in [-0.1, -0.05) is 36.8 Å². The predicted octanol–water partition coefficient (Wildman–Crippen LogP) is 4.28. The van der Waals surface area contributed by atoms with E-state index in [1.54, 1.807) is 43.3 Å². The van der Waals surface area contributed by atoms with E-state index in [4.69, 9.17) is 4.74 Å². The van der Waals surface area contributed by atoms with Gasteiger partial charge in [0.1, 0.15) is 24.2 Å². The van der Waals surface area contributed by atoms with Gasteiger partial charge in [0.2, 0.25) is 11.8 Å². The molecule has 0 unspecified atom stereocenters. The summed E-state index contributed by atoms with van der Waals surface area (Å²) in [6.07, 6.45) is 0.713. The average Bonchev–Trinajstić information content (AvgIpc) is 2.94. The van der Waals surface area contributed by atoms with E-state index in [0.29, 0.717) is 24.3 Å². The molecule has 0 saturated heterocycles. The van der Waals surface area contributed by atoms with Gasteiger partial charge in [-0.25, -0.2) is 12.8 Å². The molecule has 8 nitrogen and oxygen atoms in total. The smallest absolute Gasteiger partial charge is 0.264 e. The SMILES string of the molecule is CCCNC(=O)[C@H](C)N(Cc1ccc(F)cc1)C(=O)CN(c1ccc(OC)cc1)S(=O)(=O)c1ccc(C)cc1. The van der Waals surface area contributed by atoms with Gasteiger partial charge in [0.25, 0.3) is 10.0 Å². The molecule has 0 radical (unpaired) electrons. The van der Waals surface area contributed by atoms with E-state index in [0.717, 1.165) is 9.87 Å². The first-order chi connectivity index (χ1) is 18.6. The number of methoxy groups -OCH3 is 1. The zero-order chi connectivity index (χ0) is 28.6. The standard InChI is InChI=1S/C29H34FN3O5S/c1-5-18-31-29(35)22(3)32(19-23-8-10-24(30)11-9-23)28(34)20-33(25-12-14-26(38-4)15-13-25)39(36,37)27-16-6-21(2)7-17-27/h6-17,22H,5,18-20H2,1-4H3,(H,31,35)/t22-/m0/s1. The summed E-state index contributed by atoms with van der Waals surface area (Å²) in [6.45, 7) is 5.20. The Hall–Kier alpha value is -3.92. The minimum absolute atomic E-state index is 0.0130. The highest BCUT2D eigenvalue weighted by molar-refractivity contribution is 7.92. The van der Waals surface area contributed by atoms with Crippen LogP contribution in [0.15, 0.2) is 77.7 Å². The zero-order valence-electron chi connectivity index (χ0n) is 22.6. The summed E-state index contributed by atoms with van der Waals surface area (Å²) in [5.74, 6) is -0.869. The van der Waals surface area contributed by atoms with Gasteiger partial charge in [0.05, 0.1) is 17.7 Å². The quantitative estimate of drug-likeness (QED) is 0.360. The molecule has 208 valence electrons. The van der Waals surface area contributed by atoms with Gasteiger partial charge in [-0.15, -0.1) is 0 Å². The molecule has 0 aromatic heterocycles. The molecule has 10 heteroatoms. The first-order valence-electron chi connectivity index (χ1n) is 12.6. The molecule has 3 aromatic carbocycles. The van der Waals surface area contributed by atoms with E-state index in [2.05, 4.69) is 5.32 Å². The van der Waals surface area contributed by atoms with Crippen LogP contribution in [0.25, 0.3) is 0 Å². The number of ether oxygens (including phenoxy) is 1. The molecule has 1 atom stereocenters. The van der Waals surface area contributed by atoms with Crippen molar-refractivity contribution in [2.75, 3.05) is 24.5 Å². The lowest BCUT2D eigenvalue weighted by Gasteiger charge is -2.32. The third-order valence-corrected chi connectivity index (χ3v) is 8.02. The lowest BCUT2D eigenvalue weighted by atomic mass is 10.1. The Morgan fingerprint density at radius 2 is 1.59 bits per heavy atom. The van der Waals surface area contributed by atoms with Gasteiger partial charge in [0.15, 0.2) is 0 Å². The lowest BCUT2D eigenvalue weighted by Crippen LogP contribution is -2.51. The van der Waals surface area contributed by atoms with E-state index in [1.807, 2.05) is 13.8 Å². The second-order valence-electron chi connectivity index (χ2n) is 9.14. The van der Waals surface area contributed by atoms with Gasteiger partial charge in [-0.2, -0.15) is 0 Å². The molecule has 0 fully saturated rings. The van der Waals surface area contributed by atoms with Crippen LogP contribution in [-0.4, -0.2) is 51.4 Å². The van der Waals surface area contributed by atoms with Crippen molar-refractivity contribution in [1.82, 2.24) is 10.2 Å². The van der Waals surface area contributed by atoms with Gasteiger partial charge in [0, 0.05) is 13.1 Å². The number of nitrogens with one attached hydrogen (secondary N) is 1. The number of anilines is 1. The van der Waals surface area contributed by atoms with Crippen LogP contribution < -0.4 is 14.4 Å². The molecule has 0 heterocycles. The first kappa shape index (κ1) is 29.6. The molecular formula is C29H34FN3O5S. The molecule has 0 saturated carbocycles. The van der Waals surface area contributed by atoms with Crippen LogP contribution in [0.5, 0.6) is 5.75 Å². The molecule has 0 aliphatic heterocycles. The Bertz CT molecular complexity index is 1360. The lowest BCUT2D eigenvalue weighted by molar-refractivity contribution is -0.139. The van der Waals surface area contributed by atoms with E-state index >= 15 is 0 Å². The number of aryl methyl sites for hydroxylation is 1. The summed E-state index contributed by atoms with van der Waals surface area (Å²) >= 11 is 0. The number of carbonyl (C=O) groups is 2. The molecular weight excluding hydrogens is 521 g/mol. The maximum atomic E-state index is 13.8. The van der Waals surface area contributed by atoms with Crippen molar-refractivity contribution in [1.29, 1.82) is 0 Å². The number of halogens is 1. The Labute approximate surface area is 229 Å². The number of benzene rings is 3. The third-order valence-electron chi connectivity index (χ3n) is 6.23. The molecule has 3 aromatic rings. The van der Waals surface area contributed by atoms with Crippen molar-refractivity contribution in [3.8, 4) is 5.75 Å². The number of hydrogen-bond acceptors (Lipinski definition) is 5. The molecule has 0 bridgehead atoms. The molecule has 2 amide bonds. The van der Waals surface area contributed by atoms with Crippen LogP contribution in [0.4, 0.5) is 10.1 Å². The topological polar surface area (TPSA) is 96.0 Å². The molecule has 0 aliphatic carbocycles. The summed E-state index contributed by atoms with van der Waals surface area (Å²) in [6, 6.07) is 17.3. The minimum Gasteiger partial charge on any atom is -0.497 e. The van der Waals surface area contributed by atoms with E-state index in [1.165, 1.54) is 48.4 Å². The maximum Gasteiger partial charge on any atom is 0.264 e. The van der Waals surface area contributed by atoms with Crippen molar-refractivity contribution in [3.63, 3.8) is 0 Å². The second kappa shape index (κ2) is 13.2. The maximum absolute atomic E-state index is 13.8. The molecule has 3 rings (SSSR count). The fourth-order valence-electron chi connectivity index (χ4n) is 3.88. The van der Waals surface area contributed by atoms with Gasteiger partial charge in [-0.3, -0.25) is 13.9 Å². The molecule has 39 heavy (non-hydrogen) atoms. The number of hydrogen-bond donors (Lipinski definition) is 1. The third kappa shape index (κ3) is 7.57. The molecule has 0 spiro atoms. The van der Waals surface area contributed by atoms with Crippen molar-refractivity contribution < 1.29 is 27.1 Å². The molecule has 0 aliphatic rings. The Kier molecular flexibility index (Phi) is 10.1. The summed E-state index contributed by atoms with van der Waals surface area (Å²) < 4.78 is 47.3. The van der Waals surface area contributed by atoms with E-state index in [-0.39, 0.29) is 23.0 Å². The van der Waals surface area contributed by atoms with Crippen molar-refractivity contribution in [2.24, 2.45) is 0 Å². The van der Waals surface area contributed by atoms with Crippen LogP contribution in [0, 0.1) is 12.7 Å². The Balaban J connectivity index is 2.01. The fourth-order valence-corrected chi connectivity index (χ4v) is 5.29. The summed E-state index contributed by atoms with van der Waals surface area (Å²) in [5, 5.41) is 2.78. The highest BCUT2D eigenvalue weighted by Gasteiger charge is 2.32. The predicted molar refractivity (Wildman–Crippen MR) is 148 cm³/mol. The summed E-state index contributed by atoms with van der Waals surface area (Å²) in [5.41, 5.74) is 1.74. The Morgan fingerprint density at radius 3 is 2.15 bits per heavy atom. The van der Waals surface area contributed by atoms with Crippen LogP contribution in [0.2, 0.25) is 0 Å². The van der Waals surface area contributed by atoms with Crippen LogP contribution in [-0.2, 0) is 26.2 Å². The van der Waals surface area contributed by atoms with Gasteiger partial charge in [-0.05, 0) is 74.4 Å². The van der Waals surface area contributed by atoms with Gasteiger partial charge < -0.3 is 15.0 Å². The fraction of sp³-hybridized carbons (Fsp3) is 0.310. The van der Waals surface area contributed by atoms with Crippen LogP contribution in [0.3, 0.4) is 0 Å². The van der Waals surface area contributed by atoms with E-state index < -0.39 is 34.3 Å². The van der Waals surface area contributed by atoms with E-state index in [9.17, 15) is 22.4 Å². The largest absolute Gasteiger partial charge is 0.497 e. The second-order valence-corrected chi connectivity index (χ2v) is 11.0. The van der Waals surface area contributed by atoms with Crippen LogP contribution >= 0.6 is 0 Å². The van der Waals surface area contributed by atoms with Gasteiger partial charge >= 0.3 is 0 Å². The number of nitrogens with zero attached hydrogens (tertiary/aromatic N) is 2. The number of amides is 2. The van der Waals surface area contributed by atoms with Crippen LogP contribution in [0.1, 0.15) is 31.4 Å². The summed E-state index contributed by atoms with van der Waals surface area (Å²) in [7, 11) is -2.67. The zero-order valence-corrected chi connectivity index (χ0v) is 23.4. The number of carbonyl (C=O) groups excluding carboxylic acids is 2. The molecule has 1 N–H and O–H groups in total. The van der Waals surface area contributed by atoms with Crippen molar-refractivity contribution >= 4 is 27.5 Å². The average molecular weight is 556 g/mol. The van der Waals surface area contributed by atoms with Crippen molar-refractivity contribution in [2.45, 2.75) is 44.7 Å². The number of rotatable bonds is 12. The summed E-state index contributed by atoms with van der Waals surface area (Å²) in [4.78, 5) is 28.0. The highest BCUT2D eigenvalue weighted by Crippen LogP contribution is 2.27. The first-order valence-corrected chi connectivity index (χ1v) is 14.1. The minimum atomic E-state index is -4.16. The normalized spacial score (nSPS) is 11.9. The Morgan fingerprint density at radius 1 is 0.974 bits per heavy atom. The monoisotopic (exact) mass is 555 g/mol. The van der Waals surface area contributed by atoms with Crippen molar-refractivity contribution in [3.05, 3.63) is 89.7 Å². The highest BCUT2D eigenvalue weighted by atomic mass is 32.2.